The molecule has 1 amide bonds. The molecule has 2 aromatic rings. The lowest BCUT2D eigenvalue weighted by molar-refractivity contribution is -0.131. The standard InChI is InChI=1S/C22H27N3O3/c1-22(2)11-10-16-12-17(8-9-18(16)28-22)19(27-3)21(26)25-13-14-4-6-15(7-5-14)20(23)24/h4-9,12,19H,10-11,13H2,1-3H3,(H3,23,24)(H,25,26)/t19-/m0/s1. The van der Waals surface area contributed by atoms with Crippen LogP contribution in [0.1, 0.15) is 48.6 Å². The molecule has 0 bridgehead atoms. The Morgan fingerprint density at radius 3 is 2.64 bits per heavy atom. The van der Waals surface area contributed by atoms with Crippen molar-refractivity contribution in [3.05, 3.63) is 64.7 Å². The van der Waals surface area contributed by atoms with E-state index in [0.29, 0.717) is 12.1 Å². The van der Waals surface area contributed by atoms with Crippen molar-refractivity contribution in [1.82, 2.24) is 5.32 Å². The van der Waals surface area contributed by atoms with E-state index in [4.69, 9.17) is 20.6 Å². The maximum absolute atomic E-state index is 12.7. The van der Waals surface area contributed by atoms with Gasteiger partial charge in [0.1, 0.15) is 17.2 Å². The fourth-order valence-corrected chi connectivity index (χ4v) is 3.32. The van der Waals surface area contributed by atoms with E-state index in [-0.39, 0.29) is 17.3 Å². The first kappa shape index (κ1) is 19.9. The molecule has 1 aliphatic heterocycles. The lowest BCUT2D eigenvalue weighted by Crippen LogP contribution is -2.33. The molecule has 0 spiro atoms. The molecule has 148 valence electrons. The summed E-state index contributed by atoms with van der Waals surface area (Å²) < 4.78 is 11.5. The molecule has 6 heteroatoms. The second-order valence-electron chi connectivity index (χ2n) is 7.67. The van der Waals surface area contributed by atoms with Gasteiger partial charge in [-0.3, -0.25) is 10.2 Å². The van der Waals surface area contributed by atoms with E-state index in [2.05, 4.69) is 19.2 Å². The van der Waals surface area contributed by atoms with Crippen molar-refractivity contribution < 1.29 is 14.3 Å². The number of amides is 1. The Balaban J connectivity index is 1.67. The average Bonchev–Trinajstić information content (AvgIpc) is 2.66. The number of nitrogens with two attached hydrogens (primary N) is 1. The van der Waals surface area contributed by atoms with E-state index in [1.54, 1.807) is 12.1 Å². The highest BCUT2D eigenvalue weighted by molar-refractivity contribution is 5.94. The third kappa shape index (κ3) is 4.51. The van der Waals surface area contributed by atoms with Gasteiger partial charge in [0.05, 0.1) is 0 Å². The highest BCUT2D eigenvalue weighted by atomic mass is 16.5. The van der Waals surface area contributed by atoms with Gasteiger partial charge in [-0.1, -0.05) is 30.3 Å². The van der Waals surface area contributed by atoms with Crippen LogP contribution in [0.3, 0.4) is 0 Å². The van der Waals surface area contributed by atoms with E-state index in [1.165, 1.54) is 7.11 Å². The van der Waals surface area contributed by atoms with Gasteiger partial charge >= 0.3 is 0 Å². The summed E-state index contributed by atoms with van der Waals surface area (Å²) in [4.78, 5) is 12.7. The number of carbonyl (C=O) groups excluding carboxylic acids is 1. The monoisotopic (exact) mass is 381 g/mol. The molecular weight excluding hydrogens is 354 g/mol. The first-order valence-electron chi connectivity index (χ1n) is 9.35. The number of rotatable bonds is 6. The Morgan fingerprint density at radius 2 is 2.00 bits per heavy atom. The van der Waals surface area contributed by atoms with E-state index in [9.17, 15) is 4.79 Å². The summed E-state index contributed by atoms with van der Waals surface area (Å²) in [5.41, 5.74) is 8.80. The van der Waals surface area contributed by atoms with Crippen molar-refractivity contribution in [2.75, 3.05) is 7.11 Å². The van der Waals surface area contributed by atoms with Crippen molar-refractivity contribution >= 4 is 11.7 Å². The van der Waals surface area contributed by atoms with Gasteiger partial charge in [0.15, 0.2) is 6.10 Å². The minimum absolute atomic E-state index is 0.0230. The zero-order valence-corrected chi connectivity index (χ0v) is 16.5. The summed E-state index contributed by atoms with van der Waals surface area (Å²) in [5.74, 6) is 0.700. The zero-order valence-electron chi connectivity index (χ0n) is 16.5. The number of carbonyl (C=O) groups is 1. The first-order chi connectivity index (χ1) is 13.3. The Hall–Kier alpha value is -2.86. The second kappa shape index (κ2) is 8.02. The van der Waals surface area contributed by atoms with Crippen LogP contribution in [0.5, 0.6) is 5.75 Å². The van der Waals surface area contributed by atoms with Gasteiger partial charge in [-0.2, -0.15) is 0 Å². The van der Waals surface area contributed by atoms with E-state index >= 15 is 0 Å². The van der Waals surface area contributed by atoms with Crippen molar-refractivity contribution in [2.45, 2.75) is 44.9 Å². The van der Waals surface area contributed by atoms with Gasteiger partial charge < -0.3 is 20.5 Å². The van der Waals surface area contributed by atoms with E-state index in [0.717, 1.165) is 35.3 Å². The number of ether oxygens (including phenoxy) is 2. The normalized spacial score (nSPS) is 15.8. The van der Waals surface area contributed by atoms with Crippen LogP contribution in [-0.4, -0.2) is 24.5 Å². The molecule has 2 aromatic carbocycles. The van der Waals surface area contributed by atoms with Crippen LogP contribution in [0.25, 0.3) is 0 Å². The Labute approximate surface area is 165 Å². The molecule has 1 aliphatic rings. The third-order valence-electron chi connectivity index (χ3n) is 4.98. The largest absolute Gasteiger partial charge is 0.488 e. The molecule has 6 nitrogen and oxygen atoms in total. The molecule has 0 saturated carbocycles. The van der Waals surface area contributed by atoms with Crippen LogP contribution < -0.4 is 15.8 Å². The van der Waals surface area contributed by atoms with Crippen LogP contribution >= 0.6 is 0 Å². The Kier molecular flexibility index (Phi) is 5.70. The van der Waals surface area contributed by atoms with Crippen molar-refractivity contribution in [2.24, 2.45) is 5.73 Å². The smallest absolute Gasteiger partial charge is 0.254 e. The SMILES string of the molecule is CO[C@H](C(=O)NCc1ccc(C(=N)N)cc1)c1ccc2c(c1)CCC(C)(C)O2. The summed E-state index contributed by atoms with van der Waals surface area (Å²) in [6, 6.07) is 13.0. The summed E-state index contributed by atoms with van der Waals surface area (Å²) in [5, 5.41) is 10.3. The Morgan fingerprint density at radius 1 is 1.29 bits per heavy atom. The molecular formula is C22H27N3O3. The number of fused-ring (bicyclic) bond motifs is 1. The van der Waals surface area contributed by atoms with Crippen LogP contribution in [0.4, 0.5) is 0 Å². The predicted molar refractivity (Wildman–Crippen MR) is 109 cm³/mol. The van der Waals surface area contributed by atoms with Crippen LogP contribution in [-0.2, 0) is 22.5 Å². The summed E-state index contributed by atoms with van der Waals surface area (Å²) in [7, 11) is 1.53. The zero-order chi connectivity index (χ0) is 20.3. The average molecular weight is 381 g/mol. The number of methoxy groups -OCH3 is 1. The maximum Gasteiger partial charge on any atom is 0.254 e. The quantitative estimate of drug-likeness (QED) is 0.529. The highest BCUT2D eigenvalue weighted by Crippen LogP contribution is 2.35. The number of amidine groups is 1. The van der Waals surface area contributed by atoms with Crippen molar-refractivity contribution in [3.8, 4) is 5.75 Å². The molecule has 0 saturated heterocycles. The third-order valence-corrected chi connectivity index (χ3v) is 4.98. The number of hydrogen-bond acceptors (Lipinski definition) is 4. The van der Waals surface area contributed by atoms with Crippen molar-refractivity contribution in [1.29, 1.82) is 5.41 Å². The number of nitrogens with one attached hydrogen (secondary N) is 2. The minimum atomic E-state index is -0.684. The topological polar surface area (TPSA) is 97.4 Å². The molecule has 4 N–H and O–H groups in total. The second-order valence-corrected chi connectivity index (χ2v) is 7.67. The molecule has 0 aliphatic carbocycles. The first-order valence-corrected chi connectivity index (χ1v) is 9.35. The highest BCUT2D eigenvalue weighted by Gasteiger charge is 2.28. The Bertz CT molecular complexity index is 875. The van der Waals surface area contributed by atoms with E-state index in [1.807, 2.05) is 30.3 Å². The van der Waals surface area contributed by atoms with Gasteiger partial charge in [0.25, 0.3) is 5.91 Å². The lowest BCUT2D eigenvalue weighted by atomic mass is 9.92. The fraction of sp³-hybridized carbons (Fsp3) is 0.364. The molecule has 0 unspecified atom stereocenters. The van der Waals surface area contributed by atoms with Crippen LogP contribution in [0.2, 0.25) is 0 Å². The number of hydrogen-bond donors (Lipinski definition) is 3. The molecule has 3 rings (SSSR count). The number of benzene rings is 2. The van der Waals surface area contributed by atoms with Gasteiger partial charge in [-0.25, -0.2) is 0 Å². The van der Waals surface area contributed by atoms with Gasteiger partial charge in [-0.05, 0) is 55.5 Å². The molecule has 0 radical (unpaired) electrons. The van der Waals surface area contributed by atoms with Crippen LogP contribution in [0, 0.1) is 5.41 Å². The van der Waals surface area contributed by atoms with Gasteiger partial charge in [0, 0.05) is 19.2 Å². The lowest BCUT2D eigenvalue weighted by Gasteiger charge is -2.33. The minimum Gasteiger partial charge on any atom is -0.488 e. The number of aryl methyl sites for hydroxylation is 1. The van der Waals surface area contributed by atoms with Gasteiger partial charge in [-0.15, -0.1) is 0 Å². The van der Waals surface area contributed by atoms with Crippen molar-refractivity contribution in [3.63, 3.8) is 0 Å². The fourth-order valence-electron chi connectivity index (χ4n) is 3.32. The van der Waals surface area contributed by atoms with E-state index < -0.39 is 6.10 Å². The molecule has 0 aromatic heterocycles. The molecule has 1 heterocycles. The molecule has 0 fully saturated rings. The predicted octanol–water partition coefficient (Wildman–Crippen LogP) is 3.08. The van der Waals surface area contributed by atoms with Gasteiger partial charge in [0.2, 0.25) is 0 Å². The summed E-state index contributed by atoms with van der Waals surface area (Å²) in [6.45, 7) is 4.54. The summed E-state index contributed by atoms with van der Waals surface area (Å²) >= 11 is 0. The molecule has 28 heavy (non-hydrogen) atoms. The summed E-state index contributed by atoms with van der Waals surface area (Å²) in [6.07, 6.45) is 1.16. The maximum atomic E-state index is 12.7. The number of nitrogen functional groups attached to an aromatic ring is 1. The van der Waals surface area contributed by atoms with Crippen LogP contribution in [0.15, 0.2) is 42.5 Å². The molecule has 1 atom stereocenters.